The van der Waals surface area contributed by atoms with E-state index in [0.29, 0.717) is 13.2 Å². The van der Waals surface area contributed by atoms with Crippen molar-refractivity contribution in [3.63, 3.8) is 0 Å². The second kappa shape index (κ2) is 6.09. The molecule has 0 radical (unpaired) electrons. The summed E-state index contributed by atoms with van der Waals surface area (Å²) in [6.45, 7) is 2.03. The summed E-state index contributed by atoms with van der Waals surface area (Å²) >= 11 is 1.75. The maximum Gasteiger partial charge on any atom is 0.161 e. The molecule has 2 aromatic rings. The molecule has 1 aliphatic rings. The van der Waals surface area contributed by atoms with Gasteiger partial charge >= 0.3 is 0 Å². The van der Waals surface area contributed by atoms with E-state index in [-0.39, 0.29) is 0 Å². The van der Waals surface area contributed by atoms with Crippen LogP contribution >= 0.6 is 11.8 Å². The summed E-state index contributed by atoms with van der Waals surface area (Å²) in [5.41, 5.74) is 2.35. The maximum absolute atomic E-state index is 5.60. The maximum atomic E-state index is 5.60. The van der Waals surface area contributed by atoms with E-state index in [1.165, 1.54) is 10.5 Å². The Morgan fingerprint density at radius 1 is 1.05 bits per heavy atom. The molecular formula is C16H17NO2S. The fourth-order valence-electron chi connectivity index (χ4n) is 2.19. The van der Waals surface area contributed by atoms with Gasteiger partial charge in [-0.3, -0.25) is 0 Å². The molecule has 0 amide bonds. The highest BCUT2D eigenvalue weighted by Crippen LogP contribution is 2.31. The Labute approximate surface area is 123 Å². The molecule has 1 aliphatic heterocycles. The molecule has 3 nitrogen and oxygen atoms in total. The summed E-state index contributed by atoms with van der Waals surface area (Å²) in [5, 5.41) is 3.47. The third kappa shape index (κ3) is 2.85. The largest absolute Gasteiger partial charge is 0.486 e. The van der Waals surface area contributed by atoms with Crippen molar-refractivity contribution in [2.45, 2.75) is 11.4 Å². The van der Waals surface area contributed by atoms with E-state index < -0.39 is 0 Å². The molecular weight excluding hydrogens is 270 g/mol. The normalized spacial score (nSPS) is 13.1. The smallest absolute Gasteiger partial charge is 0.161 e. The topological polar surface area (TPSA) is 30.5 Å². The summed E-state index contributed by atoms with van der Waals surface area (Å²) in [6, 6.07) is 14.4. The van der Waals surface area contributed by atoms with Gasteiger partial charge < -0.3 is 14.8 Å². The zero-order valence-corrected chi connectivity index (χ0v) is 12.2. The van der Waals surface area contributed by atoms with Crippen LogP contribution in [0.5, 0.6) is 11.5 Å². The molecule has 0 fully saturated rings. The molecule has 0 bridgehead atoms. The fraction of sp³-hybridized carbons (Fsp3) is 0.250. The first-order valence-electron chi connectivity index (χ1n) is 6.62. The number of hydrogen-bond acceptors (Lipinski definition) is 4. The third-order valence-electron chi connectivity index (χ3n) is 3.20. The van der Waals surface area contributed by atoms with Crippen LogP contribution < -0.4 is 14.8 Å². The zero-order valence-electron chi connectivity index (χ0n) is 11.4. The first-order chi connectivity index (χ1) is 9.86. The number of nitrogens with one attached hydrogen (secondary N) is 1. The number of hydrogen-bond donors (Lipinski definition) is 1. The van der Waals surface area contributed by atoms with Crippen LogP contribution in [-0.4, -0.2) is 19.5 Å². The van der Waals surface area contributed by atoms with Crippen molar-refractivity contribution < 1.29 is 9.47 Å². The molecule has 0 aliphatic carbocycles. The van der Waals surface area contributed by atoms with Crippen molar-refractivity contribution in [2.24, 2.45) is 0 Å². The van der Waals surface area contributed by atoms with Gasteiger partial charge in [-0.25, -0.2) is 0 Å². The summed E-state index contributed by atoms with van der Waals surface area (Å²) in [4.78, 5) is 1.25. The molecule has 1 N–H and O–H groups in total. The third-order valence-corrected chi connectivity index (χ3v) is 3.99. The van der Waals surface area contributed by atoms with E-state index in [4.69, 9.17) is 9.47 Å². The Hall–Kier alpha value is -1.81. The number of benzene rings is 2. The van der Waals surface area contributed by atoms with Crippen molar-refractivity contribution in [1.82, 2.24) is 0 Å². The Kier molecular flexibility index (Phi) is 4.02. The van der Waals surface area contributed by atoms with E-state index in [0.717, 1.165) is 23.7 Å². The molecule has 1 heterocycles. The average molecular weight is 287 g/mol. The zero-order chi connectivity index (χ0) is 13.8. The Morgan fingerprint density at radius 2 is 1.85 bits per heavy atom. The summed E-state index contributed by atoms with van der Waals surface area (Å²) < 4.78 is 11.1. The number of anilines is 1. The van der Waals surface area contributed by atoms with Gasteiger partial charge in [0, 0.05) is 17.1 Å². The second-order valence-corrected chi connectivity index (χ2v) is 5.38. The standard InChI is InChI=1S/C16H17NO2S/c1-20-16-5-3-2-4-13(16)17-11-12-6-7-14-15(10-12)19-9-8-18-14/h2-7,10,17H,8-9,11H2,1H3. The van der Waals surface area contributed by atoms with Gasteiger partial charge in [-0.15, -0.1) is 11.8 Å². The van der Waals surface area contributed by atoms with Crippen LogP contribution in [0.3, 0.4) is 0 Å². The summed E-state index contributed by atoms with van der Waals surface area (Å²) in [7, 11) is 0. The van der Waals surface area contributed by atoms with Gasteiger partial charge in [0.05, 0.1) is 0 Å². The quantitative estimate of drug-likeness (QED) is 0.867. The Balaban J connectivity index is 1.72. The van der Waals surface area contributed by atoms with Gasteiger partial charge in [0.15, 0.2) is 11.5 Å². The van der Waals surface area contributed by atoms with Crippen LogP contribution in [0.4, 0.5) is 5.69 Å². The highest BCUT2D eigenvalue weighted by molar-refractivity contribution is 7.98. The Bertz CT molecular complexity index is 601. The van der Waals surface area contributed by atoms with Crippen LogP contribution in [0.1, 0.15) is 5.56 Å². The van der Waals surface area contributed by atoms with Crippen LogP contribution in [0.25, 0.3) is 0 Å². The number of thioether (sulfide) groups is 1. The van der Waals surface area contributed by atoms with Crippen molar-refractivity contribution in [2.75, 3.05) is 24.8 Å². The van der Waals surface area contributed by atoms with Crippen LogP contribution in [0, 0.1) is 0 Å². The molecule has 0 aromatic heterocycles. The lowest BCUT2D eigenvalue weighted by Crippen LogP contribution is -2.15. The lowest BCUT2D eigenvalue weighted by molar-refractivity contribution is 0.171. The van der Waals surface area contributed by atoms with E-state index in [9.17, 15) is 0 Å². The van der Waals surface area contributed by atoms with Crippen molar-refractivity contribution in [3.05, 3.63) is 48.0 Å². The predicted molar refractivity (Wildman–Crippen MR) is 83.0 cm³/mol. The van der Waals surface area contributed by atoms with E-state index >= 15 is 0 Å². The minimum Gasteiger partial charge on any atom is -0.486 e. The van der Waals surface area contributed by atoms with Gasteiger partial charge in [0.25, 0.3) is 0 Å². The van der Waals surface area contributed by atoms with Gasteiger partial charge in [-0.05, 0) is 36.1 Å². The molecule has 0 saturated carbocycles. The lowest BCUT2D eigenvalue weighted by atomic mass is 10.2. The van der Waals surface area contributed by atoms with Crippen molar-refractivity contribution in [3.8, 4) is 11.5 Å². The van der Waals surface area contributed by atoms with Gasteiger partial charge in [-0.1, -0.05) is 18.2 Å². The van der Waals surface area contributed by atoms with Crippen LogP contribution in [-0.2, 0) is 6.54 Å². The van der Waals surface area contributed by atoms with E-state index in [1.54, 1.807) is 11.8 Å². The monoisotopic (exact) mass is 287 g/mol. The molecule has 4 heteroatoms. The molecule has 0 atom stereocenters. The average Bonchev–Trinajstić information content (AvgIpc) is 2.53. The Morgan fingerprint density at radius 3 is 2.70 bits per heavy atom. The number of rotatable bonds is 4. The van der Waals surface area contributed by atoms with E-state index in [1.807, 2.05) is 18.2 Å². The molecule has 3 rings (SSSR count). The fourth-order valence-corrected chi connectivity index (χ4v) is 2.76. The predicted octanol–water partition coefficient (Wildman–Crippen LogP) is 3.79. The lowest BCUT2D eigenvalue weighted by Gasteiger charge is -2.19. The van der Waals surface area contributed by atoms with Gasteiger partial charge in [-0.2, -0.15) is 0 Å². The first kappa shape index (κ1) is 13.2. The van der Waals surface area contributed by atoms with Crippen molar-refractivity contribution >= 4 is 17.4 Å². The number of para-hydroxylation sites is 1. The minimum absolute atomic E-state index is 0.624. The van der Waals surface area contributed by atoms with Crippen LogP contribution in [0.15, 0.2) is 47.4 Å². The second-order valence-electron chi connectivity index (χ2n) is 4.53. The van der Waals surface area contributed by atoms with Gasteiger partial charge in [0.2, 0.25) is 0 Å². The summed E-state index contributed by atoms with van der Waals surface area (Å²) in [6.07, 6.45) is 2.09. The molecule has 2 aromatic carbocycles. The molecule has 0 spiro atoms. The molecule has 104 valence electrons. The van der Waals surface area contributed by atoms with Gasteiger partial charge in [0.1, 0.15) is 13.2 Å². The highest BCUT2D eigenvalue weighted by Gasteiger charge is 2.11. The number of fused-ring (bicyclic) bond motifs is 1. The molecule has 20 heavy (non-hydrogen) atoms. The first-order valence-corrected chi connectivity index (χ1v) is 7.85. The molecule has 0 unspecified atom stereocenters. The highest BCUT2D eigenvalue weighted by atomic mass is 32.2. The van der Waals surface area contributed by atoms with Crippen LogP contribution in [0.2, 0.25) is 0 Å². The molecule has 0 saturated heterocycles. The number of ether oxygens (including phenoxy) is 2. The summed E-state index contributed by atoms with van der Waals surface area (Å²) in [5.74, 6) is 1.68. The van der Waals surface area contributed by atoms with E-state index in [2.05, 4.69) is 35.8 Å². The minimum atomic E-state index is 0.624. The van der Waals surface area contributed by atoms with Crippen molar-refractivity contribution in [1.29, 1.82) is 0 Å². The SMILES string of the molecule is CSc1ccccc1NCc1ccc2c(c1)OCCO2.